The van der Waals surface area contributed by atoms with Crippen molar-refractivity contribution in [2.75, 3.05) is 5.73 Å². The molecule has 2 aromatic rings. The fourth-order valence-corrected chi connectivity index (χ4v) is 1.41. The number of carbonyl (C=O) groups is 1. The largest absolute Gasteiger partial charge is 0.398 e. The predicted molar refractivity (Wildman–Crippen MR) is 61.2 cm³/mol. The molecule has 17 heavy (non-hydrogen) atoms. The van der Waals surface area contributed by atoms with Gasteiger partial charge < -0.3 is 11.1 Å². The number of aromatic amines is 1. The molecule has 0 unspecified atom stereocenters. The molecule has 88 valence electrons. The minimum atomic E-state index is -0.338. The summed E-state index contributed by atoms with van der Waals surface area (Å²) >= 11 is 5.79. The third kappa shape index (κ3) is 2.70. The number of hydrogen-bond donors (Lipinski definition) is 3. The Morgan fingerprint density at radius 1 is 1.53 bits per heavy atom. The highest BCUT2D eigenvalue weighted by atomic mass is 35.5. The smallest absolute Gasteiger partial charge is 0.253 e. The van der Waals surface area contributed by atoms with Crippen molar-refractivity contribution in [3.05, 3.63) is 34.6 Å². The van der Waals surface area contributed by atoms with Crippen LogP contribution in [0.1, 0.15) is 16.2 Å². The van der Waals surface area contributed by atoms with Gasteiger partial charge in [0.2, 0.25) is 0 Å². The number of nitrogens with one attached hydrogen (secondary N) is 2. The predicted octanol–water partition coefficient (Wildman–Crippen LogP) is 0.365. The molecule has 0 aliphatic heterocycles. The summed E-state index contributed by atoms with van der Waals surface area (Å²) in [7, 11) is 0. The molecule has 1 amide bonds. The highest BCUT2D eigenvalue weighted by molar-refractivity contribution is 6.31. The Morgan fingerprint density at radius 3 is 3.06 bits per heavy atom. The first-order valence-corrected chi connectivity index (χ1v) is 5.10. The number of nitrogens with zero attached hydrogens (tertiary/aromatic N) is 3. The molecule has 1 aromatic heterocycles. The van der Waals surface area contributed by atoms with Gasteiger partial charge in [-0.15, -0.1) is 10.2 Å². The Labute approximate surface area is 101 Å². The van der Waals surface area contributed by atoms with E-state index < -0.39 is 0 Å². The van der Waals surface area contributed by atoms with Gasteiger partial charge in [0.1, 0.15) is 0 Å². The van der Waals surface area contributed by atoms with Crippen LogP contribution in [-0.4, -0.2) is 26.5 Å². The molecule has 0 bridgehead atoms. The Morgan fingerprint density at radius 2 is 2.35 bits per heavy atom. The number of H-pyrrole nitrogens is 1. The fourth-order valence-electron chi connectivity index (χ4n) is 1.24. The van der Waals surface area contributed by atoms with Crippen LogP contribution in [0.2, 0.25) is 5.02 Å². The van der Waals surface area contributed by atoms with E-state index >= 15 is 0 Å². The van der Waals surface area contributed by atoms with Crippen LogP contribution < -0.4 is 11.1 Å². The van der Waals surface area contributed by atoms with Crippen molar-refractivity contribution in [3.63, 3.8) is 0 Å². The summed E-state index contributed by atoms with van der Waals surface area (Å²) in [5.41, 5.74) is 6.35. The Kier molecular flexibility index (Phi) is 3.20. The van der Waals surface area contributed by atoms with Crippen molar-refractivity contribution in [1.29, 1.82) is 0 Å². The van der Waals surface area contributed by atoms with Crippen molar-refractivity contribution < 1.29 is 4.79 Å². The van der Waals surface area contributed by atoms with E-state index in [0.29, 0.717) is 22.1 Å². The van der Waals surface area contributed by atoms with Crippen LogP contribution in [0.3, 0.4) is 0 Å². The van der Waals surface area contributed by atoms with E-state index in [9.17, 15) is 4.79 Å². The summed E-state index contributed by atoms with van der Waals surface area (Å²) in [6, 6.07) is 4.70. The van der Waals surface area contributed by atoms with E-state index in [1.165, 1.54) is 6.07 Å². The van der Waals surface area contributed by atoms with E-state index in [0.717, 1.165) is 0 Å². The number of anilines is 1. The van der Waals surface area contributed by atoms with Crippen LogP contribution in [0.5, 0.6) is 0 Å². The van der Waals surface area contributed by atoms with E-state index in [1.54, 1.807) is 12.1 Å². The molecule has 0 saturated carbocycles. The first-order valence-electron chi connectivity index (χ1n) is 4.72. The summed E-state index contributed by atoms with van der Waals surface area (Å²) in [6.07, 6.45) is 0. The van der Waals surface area contributed by atoms with Crippen LogP contribution in [0.15, 0.2) is 18.2 Å². The number of hydrogen-bond acceptors (Lipinski definition) is 5. The number of tetrazole rings is 1. The summed E-state index contributed by atoms with van der Waals surface area (Å²) in [5.74, 6) is 0.0498. The number of carbonyl (C=O) groups excluding carboxylic acids is 1. The molecule has 8 heteroatoms. The van der Waals surface area contributed by atoms with Gasteiger partial charge in [0.05, 0.1) is 12.1 Å². The topological polar surface area (TPSA) is 110 Å². The van der Waals surface area contributed by atoms with Gasteiger partial charge in [-0.3, -0.25) is 4.79 Å². The van der Waals surface area contributed by atoms with E-state index in [-0.39, 0.29) is 12.5 Å². The van der Waals surface area contributed by atoms with Crippen LogP contribution in [-0.2, 0) is 6.54 Å². The zero-order valence-electron chi connectivity index (χ0n) is 8.64. The second-order valence-corrected chi connectivity index (χ2v) is 3.68. The molecular formula is C9H9ClN6O. The molecule has 1 heterocycles. The monoisotopic (exact) mass is 252 g/mol. The number of rotatable bonds is 3. The zero-order chi connectivity index (χ0) is 12.3. The molecule has 0 saturated heterocycles. The number of amides is 1. The van der Waals surface area contributed by atoms with Crippen molar-refractivity contribution in [3.8, 4) is 0 Å². The van der Waals surface area contributed by atoms with Crippen LogP contribution in [0, 0.1) is 0 Å². The molecule has 1 aromatic carbocycles. The molecule has 0 radical (unpaired) electrons. The lowest BCUT2D eigenvalue weighted by atomic mass is 10.1. The van der Waals surface area contributed by atoms with Crippen LogP contribution in [0.4, 0.5) is 5.69 Å². The van der Waals surface area contributed by atoms with Crippen molar-refractivity contribution in [2.24, 2.45) is 0 Å². The lowest BCUT2D eigenvalue weighted by Gasteiger charge is -2.06. The van der Waals surface area contributed by atoms with Gasteiger partial charge in [-0.25, -0.2) is 0 Å². The minimum Gasteiger partial charge on any atom is -0.398 e. The van der Waals surface area contributed by atoms with Crippen molar-refractivity contribution in [2.45, 2.75) is 6.54 Å². The summed E-state index contributed by atoms with van der Waals surface area (Å²) in [5, 5.41) is 16.1. The maximum atomic E-state index is 11.8. The quantitative estimate of drug-likeness (QED) is 0.684. The number of nitrogen functional groups attached to an aromatic ring is 1. The average molecular weight is 253 g/mol. The van der Waals surface area contributed by atoms with Gasteiger partial charge in [-0.05, 0) is 18.2 Å². The van der Waals surface area contributed by atoms with Crippen molar-refractivity contribution in [1.82, 2.24) is 25.9 Å². The normalized spacial score (nSPS) is 10.2. The van der Waals surface area contributed by atoms with Crippen LogP contribution >= 0.6 is 11.6 Å². The highest BCUT2D eigenvalue weighted by Crippen LogP contribution is 2.17. The first-order chi connectivity index (χ1) is 8.16. The Hall–Kier alpha value is -2.15. The van der Waals surface area contributed by atoms with Gasteiger partial charge >= 0.3 is 0 Å². The highest BCUT2D eigenvalue weighted by Gasteiger charge is 2.10. The zero-order valence-corrected chi connectivity index (χ0v) is 9.40. The van der Waals surface area contributed by atoms with Gasteiger partial charge in [0, 0.05) is 10.7 Å². The van der Waals surface area contributed by atoms with Gasteiger partial charge in [0.15, 0.2) is 5.82 Å². The standard InChI is InChI=1S/C9H9ClN6O/c10-5-1-2-7(11)6(3-5)9(17)12-4-8-13-15-16-14-8/h1-3H,4,11H2,(H,12,17)(H,13,14,15,16). The molecule has 0 fully saturated rings. The molecule has 7 nitrogen and oxygen atoms in total. The molecule has 0 spiro atoms. The van der Waals surface area contributed by atoms with E-state index in [1.807, 2.05) is 0 Å². The van der Waals surface area contributed by atoms with Crippen molar-refractivity contribution >= 4 is 23.2 Å². The summed E-state index contributed by atoms with van der Waals surface area (Å²) in [6.45, 7) is 0.168. The molecule has 0 aliphatic rings. The number of nitrogens with two attached hydrogens (primary N) is 1. The number of aromatic nitrogens is 4. The maximum absolute atomic E-state index is 11.8. The number of benzene rings is 1. The first kappa shape index (κ1) is 11.3. The van der Waals surface area contributed by atoms with E-state index in [2.05, 4.69) is 25.9 Å². The SMILES string of the molecule is Nc1ccc(Cl)cc1C(=O)NCc1nn[nH]n1. The Balaban J connectivity index is 2.07. The number of halogens is 1. The molecule has 4 N–H and O–H groups in total. The van der Waals surface area contributed by atoms with Gasteiger partial charge in [0.25, 0.3) is 5.91 Å². The Bertz CT molecular complexity index is 526. The van der Waals surface area contributed by atoms with Gasteiger partial charge in [-0.2, -0.15) is 5.21 Å². The lowest BCUT2D eigenvalue weighted by Crippen LogP contribution is -2.24. The molecule has 2 rings (SSSR count). The molecule has 0 aliphatic carbocycles. The average Bonchev–Trinajstić information content (AvgIpc) is 2.82. The molecular weight excluding hydrogens is 244 g/mol. The fraction of sp³-hybridized carbons (Fsp3) is 0.111. The summed E-state index contributed by atoms with van der Waals surface area (Å²) < 4.78 is 0. The second kappa shape index (κ2) is 4.79. The second-order valence-electron chi connectivity index (χ2n) is 3.24. The van der Waals surface area contributed by atoms with Crippen LogP contribution in [0.25, 0.3) is 0 Å². The summed E-state index contributed by atoms with van der Waals surface area (Å²) in [4.78, 5) is 11.8. The molecule has 0 atom stereocenters. The third-order valence-corrected chi connectivity index (χ3v) is 2.29. The third-order valence-electron chi connectivity index (χ3n) is 2.06. The van der Waals surface area contributed by atoms with E-state index in [4.69, 9.17) is 17.3 Å². The lowest BCUT2D eigenvalue weighted by molar-refractivity contribution is 0.0951. The maximum Gasteiger partial charge on any atom is 0.253 e. The van der Waals surface area contributed by atoms with Gasteiger partial charge in [-0.1, -0.05) is 16.8 Å². The minimum absolute atomic E-state index is 0.168.